The Morgan fingerprint density at radius 2 is 1.33 bits per heavy atom. The van der Waals surface area contributed by atoms with Gasteiger partial charge in [0.05, 0.1) is 6.61 Å². The molecule has 1 heteroatoms. The fraction of sp³-hybridized carbons (Fsp3) is 0.826. The molecule has 2 aliphatic carbocycles. The molecule has 0 spiro atoms. The molecule has 0 radical (unpaired) electrons. The molecule has 2 saturated carbocycles. The van der Waals surface area contributed by atoms with Crippen molar-refractivity contribution in [1.82, 2.24) is 0 Å². The van der Waals surface area contributed by atoms with Gasteiger partial charge in [-0.2, -0.15) is 0 Å². The van der Waals surface area contributed by atoms with Gasteiger partial charge < -0.3 is 4.74 Å². The number of unbranched alkanes of at least 4 members (excludes halogenated alkanes) is 1. The van der Waals surface area contributed by atoms with Crippen molar-refractivity contribution in [2.75, 3.05) is 13.2 Å². The van der Waals surface area contributed by atoms with Gasteiger partial charge in [0.1, 0.15) is 0 Å². The van der Waals surface area contributed by atoms with Crippen molar-refractivity contribution in [3.05, 3.63) is 24.3 Å². The maximum absolute atomic E-state index is 5.77. The Hall–Kier alpha value is -0.560. The molecule has 0 aromatic heterocycles. The first-order valence-corrected chi connectivity index (χ1v) is 10.6. The topological polar surface area (TPSA) is 9.23 Å². The lowest BCUT2D eigenvalue weighted by atomic mass is 9.69. The summed E-state index contributed by atoms with van der Waals surface area (Å²) in [7, 11) is 0. The molecule has 2 rings (SSSR count). The van der Waals surface area contributed by atoms with Gasteiger partial charge >= 0.3 is 0 Å². The second kappa shape index (κ2) is 11.9. The van der Waals surface area contributed by atoms with E-state index in [0.717, 1.165) is 36.9 Å². The van der Waals surface area contributed by atoms with E-state index in [1.807, 2.05) is 0 Å². The quantitative estimate of drug-likeness (QED) is 0.328. The van der Waals surface area contributed by atoms with Gasteiger partial charge in [-0.25, -0.2) is 0 Å². The van der Waals surface area contributed by atoms with Gasteiger partial charge in [-0.05, 0) is 88.9 Å². The summed E-state index contributed by atoms with van der Waals surface area (Å²) in [5.41, 5.74) is 0. The van der Waals surface area contributed by atoms with Crippen LogP contribution in [0.25, 0.3) is 0 Å². The molecule has 0 heterocycles. The van der Waals surface area contributed by atoms with Crippen LogP contribution in [0.2, 0.25) is 0 Å². The summed E-state index contributed by atoms with van der Waals surface area (Å²) in [6, 6.07) is 0. The smallest absolute Gasteiger partial charge is 0.0647 e. The average Bonchev–Trinajstić information content (AvgIpc) is 2.64. The van der Waals surface area contributed by atoms with Crippen molar-refractivity contribution >= 4 is 0 Å². The standard InChI is InChI=1S/C23H40O/c1-3-5-7-8-9-20-10-14-22(15-11-20)23-16-12-21(13-17-23)19-24-18-6-4-2/h3-6,20-23H,7-19H2,1-2H3. The van der Waals surface area contributed by atoms with Crippen LogP contribution >= 0.6 is 0 Å². The molecule has 0 unspecified atom stereocenters. The molecule has 0 amide bonds. The second-order valence-electron chi connectivity index (χ2n) is 8.17. The Morgan fingerprint density at radius 3 is 1.92 bits per heavy atom. The van der Waals surface area contributed by atoms with Crippen LogP contribution in [0.1, 0.15) is 84.5 Å². The highest BCUT2D eigenvalue weighted by atomic mass is 16.5. The lowest BCUT2D eigenvalue weighted by Gasteiger charge is -2.38. The number of ether oxygens (including phenoxy) is 1. The molecule has 24 heavy (non-hydrogen) atoms. The first kappa shape index (κ1) is 19.8. The van der Waals surface area contributed by atoms with E-state index in [-0.39, 0.29) is 0 Å². The van der Waals surface area contributed by atoms with Gasteiger partial charge in [0, 0.05) is 6.61 Å². The van der Waals surface area contributed by atoms with Crippen molar-refractivity contribution in [2.45, 2.75) is 84.5 Å². The zero-order chi connectivity index (χ0) is 17.0. The van der Waals surface area contributed by atoms with Crippen molar-refractivity contribution in [3.63, 3.8) is 0 Å². The van der Waals surface area contributed by atoms with Crippen LogP contribution in [0, 0.1) is 23.7 Å². The van der Waals surface area contributed by atoms with E-state index in [0.29, 0.717) is 0 Å². The van der Waals surface area contributed by atoms with Crippen LogP contribution in [0.3, 0.4) is 0 Å². The third kappa shape index (κ3) is 7.13. The Morgan fingerprint density at radius 1 is 0.750 bits per heavy atom. The Labute approximate surface area is 150 Å². The first-order valence-electron chi connectivity index (χ1n) is 10.6. The zero-order valence-corrected chi connectivity index (χ0v) is 16.2. The SMILES string of the molecule is CC=CCCCC1CCC(C2CCC(COCC=CC)CC2)CC1. The minimum Gasteiger partial charge on any atom is -0.377 e. The molecular weight excluding hydrogens is 292 g/mol. The van der Waals surface area contributed by atoms with Gasteiger partial charge in [-0.1, -0.05) is 43.6 Å². The molecule has 2 aliphatic rings. The highest BCUT2D eigenvalue weighted by Crippen LogP contribution is 2.42. The van der Waals surface area contributed by atoms with Crippen LogP contribution in [-0.4, -0.2) is 13.2 Å². The van der Waals surface area contributed by atoms with Crippen LogP contribution < -0.4 is 0 Å². The summed E-state index contributed by atoms with van der Waals surface area (Å²) in [5, 5.41) is 0. The highest BCUT2D eigenvalue weighted by Gasteiger charge is 2.30. The van der Waals surface area contributed by atoms with E-state index in [2.05, 4.69) is 38.2 Å². The molecule has 0 N–H and O–H groups in total. The van der Waals surface area contributed by atoms with E-state index in [4.69, 9.17) is 4.74 Å². The van der Waals surface area contributed by atoms with Gasteiger partial charge in [-0.3, -0.25) is 0 Å². The van der Waals surface area contributed by atoms with E-state index in [9.17, 15) is 0 Å². The molecule has 1 nitrogen and oxygen atoms in total. The summed E-state index contributed by atoms with van der Waals surface area (Å²) in [4.78, 5) is 0. The molecule has 0 atom stereocenters. The third-order valence-corrected chi connectivity index (χ3v) is 6.47. The lowest BCUT2D eigenvalue weighted by Crippen LogP contribution is -2.27. The summed E-state index contributed by atoms with van der Waals surface area (Å²) >= 11 is 0. The molecule has 138 valence electrons. The van der Waals surface area contributed by atoms with E-state index < -0.39 is 0 Å². The predicted molar refractivity (Wildman–Crippen MR) is 105 cm³/mol. The van der Waals surface area contributed by atoms with Crippen molar-refractivity contribution < 1.29 is 4.74 Å². The third-order valence-electron chi connectivity index (χ3n) is 6.47. The number of hydrogen-bond acceptors (Lipinski definition) is 1. The Kier molecular flexibility index (Phi) is 9.80. The van der Waals surface area contributed by atoms with Crippen LogP contribution in [-0.2, 0) is 4.74 Å². The normalized spacial score (nSPS) is 31.9. The van der Waals surface area contributed by atoms with Crippen molar-refractivity contribution in [1.29, 1.82) is 0 Å². The van der Waals surface area contributed by atoms with Gasteiger partial charge in [0.25, 0.3) is 0 Å². The highest BCUT2D eigenvalue weighted by molar-refractivity contribution is 4.83. The summed E-state index contributed by atoms with van der Waals surface area (Å²) in [5.74, 6) is 3.93. The van der Waals surface area contributed by atoms with Crippen molar-refractivity contribution in [2.24, 2.45) is 23.7 Å². The van der Waals surface area contributed by atoms with Crippen molar-refractivity contribution in [3.8, 4) is 0 Å². The molecule has 0 aliphatic heterocycles. The lowest BCUT2D eigenvalue weighted by molar-refractivity contribution is 0.0779. The van der Waals surface area contributed by atoms with Gasteiger partial charge in [0.2, 0.25) is 0 Å². The minimum absolute atomic E-state index is 0.800. The van der Waals surface area contributed by atoms with E-state index in [1.54, 1.807) is 0 Å². The van der Waals surface area contributed by atoms with Crippen LogP contribution in [0.15, 0.2) is 24.3 Å². The number of allylic oxidation sites excluding steroid dienone is 3. The fourth-order valence-electron chi connectivity index (χ4n) is 4.86. The Balaban J connectivity index is 1.57. The summed E-state index contributed by atoms with van der Waals surface area (Å²) in [6.45, 7) is 5.98. The van der Waals surface area contributed by atoms with E-state index in [1.165, 1.54) is 70.6 Å². The summed E-state index contributed by atoms with van der Waals surface area (Å²) < 4.78 is 5.77. The number of hydrogen-bond donors (Lipinski definition) is 0. The second-order valence-corrected chi connectivity index (χ2v) is 8.17. The number of rotatable bonds is 9. The maximum Gasteiger partial charge on any atom is 0.0647 e. The van der Waals surface area contributed by atoms with E-state index >= 15 is 0 Å². The minimum atomic E-state index is 0.800. The zero-order valence-electron chi connectivity index (χ0n) is 16.2. The molecule has 0 bridgehead atoms. The molecular formula is C23H40O. The summed E-state index contributed by atoms with van der Waals surface area (Å²) in [6.07, 6.45) is 24.7. The van der Waals surface area contributed by atoms with Gasteiger partial charge in [0.15, 0.2) is 0 Å². The van der Waals surface area contributed by atoms with Crippen LogP contribution in [0.4, 0.5) is 0 Å². The molecule has 0 aromatic carbocycles. The average molecular weight is 333 g/mol. The molecule has 2 fully saturated rings. The molecule has 0 saturated heterocycles. The predicted octanol–water partition coefficient (Wildman–Crippen LogP) is 6.94. The van der Waals surface area contributed by atoms with Crippen LogP contribution in [0.5, 0.6) is 0 Å². The fourth-order valence-corrected chi connectivity index (χ4v) is 4.86. The Bertz CT molecular complexity index is 318. The molecule has 0 aromatic rings. The largest absolute Gasteiger partial charge is 0.377 e. The monoisotopic (exact) mass is 332 g/mol. The van der Waals surface area contributed by atoms with Gasteiger partial charge in [-0.15, -0.1) is 0 Å². The maximum atomic E-state index is 5.77. The first-order chi connectivity index (χ1) is 11.8.